The Labute approximate surface area is 167 Å². The minimum atomic E-state index is -0.159. The number of benzene rings is 1. The summed E-state index contributed by atoms with van der Waals surface area (Å²) in [6, 6.07) is 10.8. The Hall–Kier alpha value is -3.42. The zero-order valence-corrected chi connectivity index (χ0v) is 16.3. The second-order valence-electron chi connectivity index (χ2n) is 7.13. The minimum Gasteiger partial charge on any atom is -0.497 e. The number of likely N-dealkylation sites (tertiary alicyclic amines) is 1. The van der Waals surface area contributed by atoms with E-state index in [0.29, 0.717) is 43.2 Å². The van der Waals surface area contributed by atoms with Crippen LogP contribution in [0.1, 0.15) is 29.1 Å². The molecule has 150 valence electrons. The third-order valence-electron chi connectivity index (χ3n) is 5.15. The van der Waals surface area contributed by atoms with Crippen molar-refractivity contribution in [1.29, 1.82) is 0 Å². The average molecular weight is 394 g/mol. The fraction of sp³-hybridized carbons (Fsp3) is 0.333. The molecule has 1 aromatic carbocycles. The number of carbonyl (C=O) groups is 2. The molecular formula is C21H22N4O4. The Balaban J connectivity index is 1.38. The second-order valence-corrected chi connectivity index (χ2v) is 7.13. The van der Waals surface area contributed by atoms with Crippen LogP contribution in [0.15, 0.2) is 40.9 Å². The second kappa shape index (κ2) is 7.90. The van der Waals surface area contributed by atoms with Gasteiger partial charge in [0.05, 0.1) is 12.6 Å². The van der Waals surface area contributed by atoms with Crippen LogP contribution in [0.5, 0.6) is 5.75 Å². The van der Waals surface area contributed by atoms with E-state index >= 15 is 0 Å². The van der Waals surface area contributed by atoms with Crippen molar-refractivity contribution in [3.05, 3.63) is 47.9 Å². The van der Waals surface area contributed by atoms with Crippen LogP contribution in [0.4, 0.5) is 5.82 Å². The highest BCUT2D eigenvalue weighted by molar-refractivity contribution is 5.96. The molecule has 0 saturated carbocycles. The number of aryl methyl sites for hydroxylation is 1. The summed E-state index contributed by atoms with van der Waals surface area (Å²) in [7, 11) is 1.61. The van der Waals surface area contributed by atoms with Crippen molar-refractivity contribution in [2.45, 2.75) is 19.8 Å². The maximum atomic E-state index is 12.9. The van der Waals surface area contributed by atoms with Crippen LogP contribution in [-0.2, 0) is 4.79 Å². The molecule has 0 bridgehead atoms. The van der Waals surface area contributed by atoms with Crippen LogP contribution < -0.4 is 10.1 Å². The zero-order chi connectivity index (χ0) is 20.4. The van der Waals surface area contributed by atoms with Gasteiger partial charge in [-0.25, -0.2) is 4.98 Å². The monoisotopic (exact) mass is 394 g/mol. The van der Waals surface area contributed by atoms with Crippen LogP contribution in [0.2, 0.25) is 0 Å². The topological polar surface area (TPSA) is 97.6 Å². The van der Waals surface area contributed by atoms with Gasteiger partial charge >= 0.3 is 0 Å². The fourth-order valence-electron chi connectivity index (χ4n) is 3.51. The molecule has 8 nitrogen and oxygen atoms in total. The summed E-state index contributed by atoms with van der Waals surface area (Å²) in [5, 5.41) is 7.47. The van der Waals surface area contributed by atoms with Crippen LogP contribution in [0, 0.1) is 12.8 Å². The third-order valence-corrected chi connectivity index (χ3v) is 5.15. The van der Waals surface area contributed by atoms with Gasteiger partial charge in [0.15, 0.2) is 5.82 Å². The largest absolute Gasteiger partial charge is 0.497 e. The number of fused-ring (bicyclic) bond motifs is 1. The number of anilines is 1. The number of aromatic nitrogens is 2. The number of ether oxygens (including phenoxy) is 1. The van der Waals surface area contributed by atoms with Crippen LogP contribution in [0.3, 0.4) is 0 Å². The molecule has 3 heterocycles. The Morgan fingerprint density at radius 1 is 1.17 bits per heavy atom. The van der Waals surface area contributed by atoms with E-state index in [4.69, 9.17) is 9.26 Å². The summed E-state index contributed by atoms with van der Waals surface area (Å²) in [5.41, 5.74) is 1.15. The molecule has 29 heavy (non-hydrogen) atoms. The number of amides is 2. The first-order chi connectivity index (χ1) is 14.0. The van der Waals surface area contributed by atoms with Gasteiger partial charge in [-0.3, -0.25) is 9.59 Å². The van der Waals surface area contributed by atoms with Gasteiger partial charge in [-0.15, -0.1) is 0 Å². The van der Waals surface area contributed by atoms with E-state index in [1.54, 1.807) is 31.1 Å². The number of carbonyl (C=O) groups excluding carboxylic acids is 2. The van der Waals surface area contributed by atoms with Crippen LogP contribution in [-0.4, -0.2) is 47.1 Å². The lowest BCUT2D eigenvalue weighted by Crippen LogP contribution is -2.41. The van der Waals surface area contributed by atoms with E-state index in [-0.39, 0.29) is 17.7 Å². The molecule has 1 N–H and O–H groups in total. The number of rotatable bonds is 4. The van der Waals surface area contributed by atoms with Crippen LogP contribution in [0.25, 0.3) is 10.9 Å². The van der Waals surface area contributed by atoms with Gasteiger partial charge in [0.1, 0.15) is 17.2 Å². The fourth-order valence-corrected chi connectivity index (χ4v) is 3.51. The number of hydrogen-bond acceptors (Lipinski definition) is 6. The SMILES string of the molecule is COc1ccc2nc(C(=O)N3CCC(C(=O)Nc4cc(C)on4)CC3)ccc2c1. The number of nitrogens with zero attached hydrogens (tertiary/aromatic N) is 3. The lowest BCUT2D eigenvalue weighted by molar-refractivity contribution is -0.121. The van der Waals surface area contributed by atoms with Crippen molar-refractivity contribution >= 4 is 28.5 Å². The van der Waals surface area contributed by atoms with Gasteiger partial charge in [0, 0.05) is 30.5 Å². The molecule has 1 aliphatic rings. The van der Waals surface area contributed by atoms with Gasteiger partial charge in [-0.1, -0.05) is 11.2 Å². The lowest BCUT2D eigenvalue weighted by atomic mass is 9.95. The molecule has 1 aliphatic heterocycles. The molecule has 0 unspecified atom stereocenters. The van der Waals surface area contributed by atoms with E-state index < -0.39 is 0 Å². The summed E-state index contributed by atoms with van der Waals surface area (Å²) in [6.45, 7) is 2.79. The van der Waals surface area contributed by atoms with E-state index in [1.165, 1.54) is 0 Å². The number of piperidine rings is 1. The van der Waals surface area contributed by atoms with Crippen molar-refractivity contribution in [2.24, 2.45) is 5.92 Å². The van der Waals surface area contributed by atoms with Crippen molar-refractivity contribution in [3.8, 4) is 5.75 Å². The molecular weight excluding hydrogens is 372 g/mol. The van der Waals surface area contributed by atoms with Crippen LogP contribution >= 0.6 is 0 Å². The highest BCUT2D eigenvalue weighted by Gasteiger charge is 2.28. The van der Waals surface area contributed by atoms with Crippen molar-refractivity contribution in [2.75, 3.05) is 25.5 Å². The van der Waals surface area contributed by atoms with E-state index in [9.17, 15) is 9.59 Å². The molecule has 0 radical (unpaired) electrons. The van der Waals surface area contributed by atoms with Gasteiger partial charge in [0.2, 0.25) is 5.91 Å². The lowest BCUT2D eigenvalue weighted by Gasteiger charge is -2.31. The normalized spacial score (nSPS) is 14.8. The molecule has 2 amide bonds. The first-order valence-corrected chi connectivity index (χ1v) is 9.52. The summed E-state index contributed by atoms with van der Waals surface area (Å²) in [4.78, 5) is 31.5. The highest BCUT2D eigenvalue weighted by atomic mass is 16.5. The molecule has 4 rings (SSSR count). The highest BCUT2D eigenvalue weighted by Crippen LogP contribution is 2.23. The van der Waals surface area contributed by atoms with E-state index in [0.717, 1.165) is 16.7 Å². The Morgan fingerprint density at radius 3 is 2.66 bits per heavy atom. The van der Waals surface area contributed by atoms with Gasteiger partial charge in [0.25, 0.3) is 5.91 Å². The Morgan fingerprint density at radius 2 is 1.97 bits per heavy atom. The number of nitrogens with one attached hydrogen (secondary N) is 1. The molecule has 1 fully saturated rings. The van der Waals surface area contributed by atoms with Gasteiger partial charge in [-0.05, 0) is 44.0 Å². The molecule has 2 aromatic heterocycles. The molecule has 1 saturated heterocycles. The molecule has 0 aliphatic carbocycles. The standard InChI is InChI=1S/C21H22N4O4/c1-13-11-19(24-29-13)23-20(26)14-7-9-25(10-8-14)21(27)18-5-3-15-12-16(28-2)4-6-17(15)22-18/h3-6,11-12,14H,7-10H2,1-2H3,(H,23,24,26). The zero-order valence-electron chi connectivity index (χ0n) is 16.3. The maximum Gasteiger partial charge on any atom is 0.272 e. The van der Waals surface area contributed by atoms with Crippen molar-refractivity contribution < 1.29 is 18.8 Å². The Kier molecular flexibility index (Phi) is 5.16. The predicted octanol–water partition coefficient (Wildman–Crippen LogP) is 3.03. The quantitative estimate of drug-likeness (QED) is 0.730. The van der Waals surface area contributed by atoms with Crippen molar-refractivity contribution in [3.63, 3.8) is 0 Å². The summed E-state index contributed by atoms with van der Waals surface area (Å²) in [5.74, 6) is 1.44. The summed E-state index contributed by atoms with van der Waals surface area (Å²) >= 11 is 0. The maximum absolute atomic E-state index is 12.9. The molecule has 0 atom stereocenters. The van der Waals surface area contributed by atoms with E-state index in [1.807, 2.05) is 24.3 Å². The Bertz CT molecular complexity index is 1050. The average Bonchev–Trinajstić information content (AvgIpc) is 3.17. The smallest absolute Gasteiger partial charge is 0.272 e. The number of methoxy groups -OCH3 is 1. The first kappa shape index (κ1) is 18.9. The molecule has 8 heteroatoms. The number of hydrogen-bond donors (Lipinski definition) is 1. The summed E-state index contributed by atoms with van der Waals surface area (Å²) < 4.78 is 10.2. The molecule has 0 spiro atoms. The number of pyridine rings is 1. The molecule has 3 aromatic rings. The first-order valence-electron chi connectivity index (χ1n) is 9.52. The van der Waals surface area contributed by atoms with Crippen molar-refractivity contribution in [1.82, 2.24) is 15.0 Å². The minimum absolute atomic E-state index is 0.0943. The van der Waals surface area contributed by atoms with Gasteiger partial charge < -0.3 is 19.5 Å². The summed E-state index contributed by atoms with van der Waals surface area (Å²) in [6.07, 6.45) is 1.19. The van der Waals surface area contributed by atoms with E-state index in [2.05, 4.69) is 15.5 Å². The third kappa shape index (κ3) is 4.06. The van der Waals surface area contributed by atoms with Gasteiger partial charge in [-0.2, -0.15) is 0 Å². The predicted molar refractivity (Wildman–Crippen MR) is 107 cm³/mol.